The Kier molecular flexibility index (Phi) is 4.28. The molecule has 4 rings (SSSR count). The van der Waals surface area contributed by atoms with E-state index < -0.39 is 0 Å². The minimum Gasteiger partial charge on any atom is -0.493 e. The molecule has 0 aliphatic carbocycles. The molecule has 3 heterocycles. The van der Waals surface area contributed by atoms with Crippen LogP contribution in [0.3, 0.4) is 0 Å². The second kappa shape index (κ2) is 6.74. The zero-order chi connectivity index (χ0) is 18.1. The molecule has 2 aromatic heterocycles. The highest BCUT2D eigenvalue weighted by molar-refractivity contribution is 5.92. The van der Waals surface area contributed by atoms with Gasteiger partial charge in [-0.15, -0.1) is 0 Å². The molecule has 1 aliphatic heterocycles. The van der Waals surface area contributed by atoms with Crippen LogP contribution in [-0.2, 0) is 6.42 Å². The molecule has 1 atom stereocenters. The van der Waals surface area contributed by atoms with Gasteiger partial charge in [0.15, 0.2) is 0 Å². The molecule has 7 heteroatoms. The van der Waals surface area contributed by atoms with Crippen molar-refractivity contribution in [1.29, 1.82) is 0 Å². The van der Waals surface area contributed by atoms with Gasteiger partial charge in [-0.25, -0.2) is 9.50 Å². The fourth-order valence-corrected chi connectivity index (χ4v) is 3.21. The van der Waals surface area contributed by atoms with Gasteiger partial charge in [0.05, 0.1) is 12.3 Å². The third-order valence-electron chi connectivity index (χ3n) is 4.61. The molecule has 0 fully saturated rings. The lowest BCUT2D eigenvalue weighted by Crippen LogP contribution is -2.35. The van der Waals surface area contributed by atoms with Crippen LogP contribution in [0.15, 0.2) is 36.7 Å². The van der Waals surface area contributed by atoms with Gasteiger partial charge in [-0.05, 0) is 30.0 Å². The van der Waals surface area contributed by atoms with Gasteiger partial charge in [0.2, 0.25) is 0 Å². The molecule has 0 unspecified atom stereocenters. The number of nitrogens with zero attached hydrogens (tertiary/aromatic N) is 4. The van der Waals surface area contributed by atoms with Crippen molar-refractivity contribution >= 4 is 11.7 Å². The van der Waals surface area contributed by atoms with E-state index in [2.05, 4.69) is 40.3 Å². The van der Waals surface area contributed by atoms with Gasteiger partial charge in [-0.2, -0.15) is 10.1 Å². The average molecular weight is 351 g/mol. The van der Waals surface area contributed by atoms with Crippen molar-refractivity contribution in [3.8, 4) is 5.75 Å². The van der Waals surface area contributed by atoms with Crippen LogP contribution < -0.4 is 10.1 Å². The number of aromatic nitrogens is 4. The standard InChI is InChI=1S/C19H21N5O2/c1-12(2)16-8-15(23-19-21-11-22-24(16)19)18(25)20-9-13-7-14-5-3-4-6-17(14)26-10-13/h3-6,8,11-13H,7,9-10H2,1-2H3,(H,20,25)/t13-/m0/s1. The largest absolute Gasteiger partial charge is 0.493 e. The molecule has 7 nitrogen and oxygen atoms in total. The first-order chi connectivity index (χ1) is 12.6. The average Bonchev–Trinajstić information content (AvgIpc) is 3.13. The van der Waals surface area contributed by atoms with Crippen molar-refractivity contribution in [3.63, 3.8) is 0 Å². The van der Waals surface area contributed by atoms with Crippen LogP contribution in [0.1, 0.15) is 41.5 Å². The Bertz CT molecular complexity index is 950. The van der Waals surface area contributed by atoms with E-state index >= 15 is 0 Å². The topological polar surface area (TPSA) is 81.4 Å². The molecular formula is C19H21N5O2. The van der Waals surface area contributed by atoms with E-state index in [1.54, 1.807) is 10.6 Å². The minimum atomic E-state index is -0.198. The number of ether oxygens (including phenoxy) is 1. The number of benzene rings is 1. The number of rotatable bonds is 4. The van der Waals surface area contributed by atoms with Crippen LogP contribution in [0.5, 0.6) is 5.75 Å². The number of para-hydroxylation sites is 1. The lowest BCUT2D eigenvalue weighted by atomic mass is 9.97. The fraction of sp³-hybridized carbons (Fsp3) is 0.368. The van der Waals surface area contributed by atoms with Gasteiger partial charge in [-0.1, -0.05) is 32.0 Å². The zero-order valence-electron chi connectivity index (χ0n) is 14.8. The predicted octanol–water partition coefficient (Wildman–Crippen LogP) is 2.23. The Morgan fingerprint density at radius 2 is 2.23 bits per heavy atom. The van der Waals surface area contributed by atoms with Crippen LogP contribution in [0.4, 0.5) is 0 Å². The lowest BCUT2D eigenvalue weighted by Gasteiger charge is -2.25. The summed E-state index contributed by atoms with van der Waals surface area (Å²) in [7, 11) is 0. The summed E-state index contributed by atoms with van der Waals surface area (Å²) in [5, 5.41) is 7.16. The van der Waals surface area contributed by atoms with Gasteiger partial charge in [0, 0.05) is 12.5 Å². The Balaban J connectivity index is 1.46. The smallest absolute Gasteiger partial charge is 0.270 e. The quantitative estimate of drug-likeness (QED) is 0.779. The van der Waals surface area contributed by atoms with E-state index in [1.165, 1.54) is 11.9 Å². The molecular weight excluding hydrogens is 330 g/mol. The molecule has 134 valence electrons. The van der Waals surface area contributed by atoms with E-state index in [-0.39, 0.29) is 17.7 Å². The van der Waals surface area contributed by atoms with Crippen LogP contribution in [0.25, 0.3) is 5.78 Å². The third-order valence-corrected chi connectivity index (χ3v) is 4.61. The highest BCUT2D eigenvalue weighted by Crippen LogP contribution is 2.26. The summed E-state index contributed by atoms with van der Waals surface area (Å²) in [5.41, 5.74) is 2.46. The zero-order valence-corrected chi connectivity index (χ0v) is 14.8. The van der Waals surface area contributed by atoms with Crippen molar-refractivity contribution in [1.82, 2.24) is 24.9 Å². The van der Waals surface area contributed by atoms with E-state index in [0.29, 0.717) is 24.6 Å². The van der Waals surface area contributed by atoms with Crippen molar-refractivity contribution < 1.29 is 9.53 Å². The van der Waals surface area contributed by atoms with Gasteiger partial charge in [0.25, 0.3) is 11.7 Å². The summed E-state index contributed by atoms with van der Waals surface area (Å²) in [5.74, 6) is 1.63. The van der Waals surface area contributed by atoms with Gasteiger partial charge in [-0.3, -0.25) is 4.79 Å². The van der Waals surface area contributed by atoms with Crippen molar-refractivity contribution in [3.05, 3.63) is 53.6 Å². The van der Waals surface area contributed by atoms with Gasteiger partial charge < -0.3 is 10.1 Å². The van der Waals surface area contributed by atoms with E-state index in [1.807, 2.05) is 18.2 Å². The summed E-state index contributed by atoms with van der Waals surface area (Å²) < 4.78 is 7.46. The summed E-state index contributed by atoms with van der Waals surface area (Å²) in [6.45, 7) is 5.25. The maximum Gasteiger partial charge on any atom is 0.270 e. The Hall–Kier alpha value is -2.96. The first-order valence-electron chi connectivity index (χ1n) is 8.81. The number of fused-ring (bicyclic) bond motifs is 2. The first-order valence-corrected chi connectivity index (χ1v) is 8.81. The summed E-state index contributed by atoms with van der Waals surface area (Å²) in [6, 6.07) is 9.82. The SMILES string of the molecule is CC(C)c1cc(C(=O)NC[C@H]2COc3ccccc3C2)nc2ncnn12. The molecule has 0 saturated heterocycles. The molecule has 1 N–H and O–H groups in total. The Labute approximate surface area is 151 Å². The third kappa shape index (κ3) is 3.12. The van der Waals surface area contributed by atoms with Crippen molar-refractivity contribution in [2.75, 3.05) is 13.2 Å². The van der Waals surface area contributed by atoms with Crippen molar-refractivity contribution in [2.24, 2.45) is 5.92 Å². The van der Waals surface area contributed by atoms with Crippen molar-refractivity contribution in [2.45, 2.75) is 26.2 Å². The van der Waals surface area contributed by atoms with E-state index in [0.717, 1.165) is 17.9 Å². The lowest BCUT2D eigenvalue weighted by molar-refractivity contribution is 0.0934. The van der Waals surface area contributed by atoms with Gasteiger partial charge in [0.1, 0.15) is 17.8 Å². The summed E-state index contributed by atoms with van der Waals surface area (Å²) >= 11 is 0. The van der Waals surface area contributed by atoms with Gasteiger partial charge >= 0.3 is 0 Å². The fourth-order valence-electron chi connectivity index (χ4n) is 3.21. The highest BCUT2D eigenvalue weighted by atomic mass is 16.5. The number of amides is 1. The molecule has 1 aliphatic rings. The summed E-state index contributed by atoms with van der Waals surface area (Å²) in [4.78, 5) is 21.0. The molecule has 1 aromatic carbocycles. The van der Waals surface area contributed by atoms with Crippen LogP contribution in [-0.4, -0.2) is 38.6 Å². The number of hydrogen-bond donors (Lipinski definition) is 1. The predicted molar refractivity (Wildman–Crippen MR) is 96.3 cm³/mol. The second-order valence-corrected chi connectivity index (χ2v) is 6.89. The molecule has 3 aromatic rings. The molecule has 0 bridgehead atoms. The number of carbonyl (C=O) groups is 1. The van der Waals surface area contributed by atoms with Crippen LogP contribution >= 0.6 is 0 Å². The minimum absolute atomic E-state index is 0.198. The monoisotopic (exact) mass is 351 g/mol. The maximum atomic E-state index is 12.6. The second-order valence-electron chi connectivity index (χ2n) is 6.89. The van der Waals surface area contributed by atoms with Crippen LogP contribution in [0.2, 0.25) is 0 Å². The van der Waals surface area contributed by atoms with E-state index in [4.69, 9.17) is 4.74 Å². The van der Waals surface area contributed by atoms with Crippen LogP contribution in [0, 0.1) is 5.92 Å². The van der Waals surface area contributed by atoms with E-state index in [9.17, 15) is 4.79 Å². The highest BCUT2D eigenvalue weighted by Gasteiger charge is 2.21. The molecule has 0 spiro atoms. The number of hydrogen-bond acceptors (Lipinski definition) is 5. The maximum absolute atomic E-state index is 12.6. The molecule has 0 saturated carbocycles. The Morgan fingerprint density at radius 3 is 3.08 bits per heavy atom. The number of nitrogens with one attached hydrogen (secondary N) is 1. The Morgan fingerprint density at radius 1 is 1.38 bits per heavy atom. The first kappa shape index (κ1) is 16.5. The molecule has 1 amide bonds. The molecule has 0 radical (unpaired) electrons. The normalized spacial score (nSPS) is 16.3. The number of carbonyl (C=O) groups excluding carboxylic acids is 1. The summed E-state index contributed by atoms with van der Waals surface area (Å²) in [6.07, 6.45) is 2.34. The molecule has 26 heavy (non-hydrogen) atoms.